The molecule has 0 aliphatic heterocycles. The van der Waals surface area contributed by atoms with E-state index in [0.29, 0.717) is 0 Å². The van der Waals surface area contributed by atoms with Gasteiger partial charge in [-0.3, -0.25) is 0 Å². The molecule has 2 rings (SSSR count). The molecular weight excluding hydrogens is 303 g/mol. The molecule has 0 saturated heterocycles. The molecule has 2 aromatic carbocycles. The lowest BCUT2D eigenvalue weighted by Crippen LogP contribution is -2.17. The van der Waals surface area contributed by atoms with E-state index in [9.17, 15) is 21.2 Å². The van der Waals surface area contributed by atoms with E-state index in [4.69, 9.17) is 0 Å². The molecule has 20 heavy (non-hydrogen) atoms. The van der Waals surface area contributed by atoms with Gasteiger partial charge < -0.3 is 0 Å². The van der Waals surface area contributed by atoms with Crippen molar-refractivity contribution in [1.29, 1.82) is 0 Å². The predicted octanol–water partition coefficient (Wildman–Crippen LogP) is 2.03. The predicted molar refractivity (Wildman–Crippen MR) is 72.1 cm³/mol. The third-order valence-electron chi connectivity index (χ3n) is 2.59. The molecule has 0 atom stereocenters. The van der Waals surface area contributed by atoms with E-state index in [1.54, 1.807) is 6.07 Å². The monoisotopic (exact) mass is 314 g/mol. The molecule has 0 saturated carbocycles. The Hall–Kier alpha value is -1.73. The summed E-state index contributed by atoms with van der Waals surface area (Å²) in [7, 11) is -8.00. The molecule has 0 aliphatic carbocycles. The van der Waals surface area contributed by atoms with Gasteiger partial charge >= 0.3 is 0 Å². The molecule has 7 heteroatoms. The van der Waals surface area contributed by atoms with Crippen LogP contribution in [0, 0.1) is 5.82 Å². The minimum absolute atomic E-state index is 0.0642. The Bertz CT molecular complexity index is 795. The molecule has 0 radical (unpaired) electrons. The van der Waals surface area contributed by atoms with Crippen molar-refractivity contribution in [3.63, 3.8) is 0 Å². The average Bonchev–Trinajstić information content (AvgIpc) is 2.39. The molecule has 0 N–H and O–H groups in total. The van der Waals surface area contributed by atoms with Crippen molar-refractivity contribution in [1.82, 2.24) is 0 Å². The van der Waals surface area contributed by atoms with Crippen LogP contribution >= 0.6 is 0 Å². The Balaban J connectivity index is 2.36. The highest BCUT2D eigenvalue weighted by atomic mass is 32.3. The Morgan fingerprint density at radius 1 is 0.700 bits per heavy atom. The smallest absolute Gasteiger partial charge is 0.193 e. The van der Waals surface area contributed by atoms with Crippen LogP contribution in [0.2, 0.25) is 0 Å². The van der Waals surface area contributed by atoms with E-state index in [1.807, 2.05) is 0 Å². The lowest BCUT2D eigenvalue weighted by Gasteiger charge is -2.06. The molecule has 0 bridgehead atoms. The van der Waals surface area contributed by atoms with Crippen molar-refractivity contribution in [2.24, 2.45) is 0 Å². The number of hydrogen-bond acceptors (Lipinski definition) is 4. The summed E-state index contributed by atoms with van der Waals surface area (Å²) in [6.07, 6.45) is 0. The third-order valence-corrected chi connectivity index (χ3v) is 7.05. The van der Waals surface area contributed by atoms with Gasteiger partial charge in [0, 0.05) is 0 Å². The van der Waals surface area contributed by atoms with Gasteiger partial charge in [0.05, 0.1) is 9.79 Å². The second kappa shape index (κ2) is 5.34. The van der Waals surface area contributed by atoms with Crippen LogP contribution in [0.5, 0.6) is 0 Å². The summed E-state index contributed by atoms with van der Waals surface area (Å²) in [4.78, 5) is -0.288. The zero-order valence-corrected chi connectivity index (χ0v) is 11.9. The van der Waals surface area contributed by atoms with Crippen molar-refractivity contribution >= 4 is 19.7 Å². The van der Waals surface area contributed by atoms with E-state index < -0.39 is 30.6 Å². The topological polar surface area (TPSA) is 68.3 Å². The van der Waals surface area contributed by atoms with E-state index >= 15 is 0 Å². The van der Waals surface area contributed by atoms with Gasteiger partial charge in [-0.1, -0.05) is 18.2 Å². The Morgan fingerprint density at radius 3 is 1.65 bits per heavy atom. The maximum absolute atomic E-state index is 12.8. The molecule has 2 aromatic rings. The molecule has 0 aliphatic rings. The minimum atomic E-state index is -4.04. The quantitative estimate of drug-likeness (QED) is 0.810. The number of hydrogen-bond donors (Lipinski definition) is 0. The highest BCUT2D eigenvalue weighted by molar-refractivity contribution is 8.08. The van der Waals surface area contributed by atoms with Crippen LogP contribution in [-0.4, -0.2) is 21.9 Å². The summed E-state index contributed by atoms with van der Waals surface area (Å²) in [5, 5.41) is -1.05. The summed E-state index contributed by atoms with van der Waals surface area (Å²) < 4.78 is 60.9. The molecule has 0 heterocycles. The highest BCUT2D eigenvalue weighted by Crippen LogP contribution is 2.18. The second-order valence-corrected chi connectivity index (χ2v) is 8.46. The van der Waals surface area contributed by atoms with E-state index in [1.165, 1.54) is 24.3 Å². The largest absolute Gasteiger partial charge is 0.223 e. The molecular formula is C13H11FO4S2. The van der Waals surface area contributed by atoms with Crippen LogP contribution in [0.1, 0.15) is 0 Å². The fourth-order valence-electron chi connectivity index (χ4n) is 1.61. The normalized spacial score (nSPS) is 12.2. The standard InChI is InChI=1S/C13H11FO4S2/c14-11-6-8-13(9-7-11)20(17,18)10-19(15,16)12-4-2-1-3-5-12/h1-9H,10H2. The minimum Gasteiger partial charge on any atom is -0.223 e. The summed E-state index contributed by atoms with van der Waals surface area (Å²) in [6.45, 7) is 0. The van der Waals surface area contributed by atoms with Gasteiger partial charge in [0.25, 0.3) is 0 Å². The van der Waals surface area contributed by atoms with Gasteiger partial charge in [0.2, 0.25) is 0 Å². The van der Waals surface area contributed by atoms with Gasteiger partial charge in [-0.05, 0) is 36.4 Å². The first-order valence-electron chi connectivity index (χ1n) is 5.57. The summed E-state index contributed by atoms with van der Waals surface area (Å²) >= 11 is 0. The summed E-state index contributed by atoms with van der Waals surface area (Å²) in [5.74, 6) is -0.588. The SMILES string of the molecule is O=S(=O)(CS(=O)(=O)c1ccc(F)cc1)c1ccccc1. The van der Waals surface area contributed by atoms with Crippen LogP contribution in [0.3, 0.4) is 0 Å². The van der Waals surface area contributed by atoms with E-state index in [-0.39, 0.29) is 9.79 Å². The zero-order valence-electron chi connectivity index (χ0n) is 10.2. The third kappa shape index (κ3) is 3.23. The van der Waals surface area contributed by atoms with Crippen LogP contribution in [0.4, 0.5) is 4.39 Å². The van der Waals surface area contributed by atoms with Crippen LogP contribution in [0.15, 0.2) is 64.4 Å². The first kappa shape index (κ1) is 14.7. The number of rotatable bonds is 4. The molecule has 0 fully saturated rings. The maximum atomic E-state index is 12.8. The molecule has 0 aromatic heterocycles. The number of halogens is 1. The molecule has 4 nitrogen and oxygen atoms in total. The van der Waals surface area contributed by atoms with Crippen molar-refractivity contribution in [2.75, 3.05) is 5.08 Å². The van der Waals surface area contributed by atoms with Gasteiger partial charge in [-0.2, -0.15) is 0 Å². The van der Waals surface area contributed by atoms with Crippen molar-refractivity contribution in [2.45, 2.75) is 9.79 Å². The summed E-state index contributed by atoms with van der Waals surface area (Å²) in [5.41, 5.74) is 0. The summed E-state index contributed by atoms with van der Waals surface area (Å²) in [6, 6.07) is 11.4. The fraction of sp³-hybridized carbons (Fsp3) is 0.0769. The average molecular weight is 314 g/mol. The number of sulfone groups is 2. The van der Waals surface area contributed by atoms with E-state index in [2.05, 4.69) is 0 Å². The van der Waals surface area contributed by atoms with Crippen molar-refractivity contribution in [3.8, 4) is 0 Å². The number of benzene rings is 2. The van der Waals surface area contributed by atoms with E-state index in [0.717, 1.165) is 24.3 Å². The van der Waals surface area contributed by atoms with Gasteiger partial charge in [0.15, 0.2) is 24.8 Å². The first-order chi connectivity index (χ1) is 9.31. The second-order valence-electron chi connectivity index (χ2n) is 4.11. The van der Waals surface area contributed by atoms with Crippen molar-refractivity contribution < 1.29 is 21.2 Å². The zero-order chi connectivity index (χ0) is 14.8. The van der Waals surface area contributed by atoms with Gasteiger partial charge in [-0.15, -0.1) is 0 Å². The fourth-order valence-corrected chi connectivity index (χ4v) is 5.46. The maximum Gasteiger partial charge on any atom is 0.193 e. The Labute approximate surface area is 116 Å². The Kier molecular flexibility index (Phi) is 3.92. The molecule has 0 unspecified atom stereocenters. The lowest BCUT2D eigenvalue weighted by molar-refractivity contribution is 0.588. The lowest BCUT2D eigenvalue weighted by atomic mass is 10.4. The van der Waals surface area contributed by atoms with Gasteiger partial charge in [-0.25, -0.2) is 21.2 Å². The van der Waals surface area contributed by atoms with Crippen LogP contribution in [-0.2, 0) is 19.7 Å². The van der Waals surface area contributed by atoms with Crippen LogP contribution in [0.25, 0.3) is 0 Å². The first-order valence-corrected chi connectivity index (χ1v) is 8.88. The highest BCUT2D eigenvalue weighted by Gasteiger charge is 2.25. The molecule has 0 spiro atoms. The van der Waals surface area contributed by atoms with Crippen LogP contribution < -0.4 is 0 Å². The Morgan fingerprint density at radius 2 is 1.15 bits per heavy atom. The molecule has 0 amide bonds. The molecule has 106 valence electrons. The van der Waals surface area contributed by atoms with Crippen molar-refractivity contribution in [3.05, 3.63) is 60.4 Å². The van der Waals surface area contributed by atoms with Gasteiger partial charge in [0.1, 0.15) is 5.82 Å².